The van der Waals surface area contributed by atoms with E-state index in [1.54, 1.807) is 7.11 Å². The molecule has 0 aromatic heterocycles. The first-order chi connectivity index (χ1) is 8.43. The van der Waals surface area contributed by atoms with E-state index in [-0.39, 0.29) is 22.8 Å². The number of rotatable bonds is 3. The maximum atomic E-state index is 11.5. The lowest BCUT2D eigenvalue weighted by molar-refractivity contribution is 0.411. The molecule has 1 heterocycles. The van der Waals surface area contributed by atoms with E-state index in [0.29, 0.717) is 6.42 Å². The molecule has 0 radical (unpaired) electrons. The normalized spacial score (nSPS) is 23.8. The monoisotopic (exact) mass is 288 g/mol. The van der Waals surface area contributed by atoms with Crippen LogP contribution in [0, 0.1) is 12.8 Å². The Hall–Kier alpha value is -0.740. The average molecular weight is 289 g/mol. The zero-order valence-electron chi connectivity index (χ0n) is 10.5. The van der Waals surface area contributed by atoms with Gasteiger partial charge in [0.25, 0.3) is 0 Å². The second-order valence-electron chi connectivity index (χ2n) is 4.79. The topological polar surface area (TPSA) is 43.4 Å². The van der Waals surface area contributed by atoms with E-state index in [1.165, 1.54) is 0 Å². The molecule has 18 heavy (non-hydrogen) atoms. The maximum Gasteiger partial charge on any atom is 0.150 e. The Labute approximate surface area is 113 Å². The van der Waals surface area contributed by atoms with Crippen LogP contribution in [0.4, 0.5) is 0 Å². The summed E-state index contributed by atoms with van der Waals surface area (Å²) in [4.78, 5) is 0. The van der Waals surface area contributed by atoms with Gasteiger partial charge in [0.15, 0.2) is 9.84 Å². The molecule has 0 aliphatic carbocycles. The predicted octanol–water partition coefficient (Wildman–Crippen LogP) is 2.72. The molecular formula is C13H17ClO3S. The lowest BCUT2D eigenvalue weighted by atomic mass is 9.97. The molecule has 0 spiro atoms. The second-order valence-corrected chi connectivity index (χ2v) is 7.49. The number of aryl methyl sites for hydroxylation is 1. The molecular weight excluding hydrogens is 272 g/mol. The largest absolute Gasteiger partial charge is 0.496 e. The third-order valence-corrected chi connectivity index (χ3v) is 5.82. The summed E-state index contributed by atoms with van der Waals surface area (Å²) in [6.07, 6.45) is 0.654. The summed E-state index contributed by atoms with van der Waals surface area (Å²) in [5.74, 6) is 1.30. The van der Waals surface area contributed by atoms with Crippen LogP contribution < -0.4 is 4.74 Å². The lowest BCUT2D eigenvalue weighted by Crippen LogP contribution is -2.10. The van der Waals surface area contributed by atoms with Crippen LogP contribution in [-0.4, -0.2) is 27.0 Å². The van der Waals surface area contributed by atoms with Crippen LogP contribution >= 0.6 is 11.6 Å². The SMILES string of the molecule is COc1ccc(C(Cl)C2CCS(=O)(=O)C2)cc1C. The fourth-order valence-electron chi connectivity index (χ4n) is 2.40. The number of hydrogen-bond donors (Lipinski definition) is 0. The van der Waals surface area contributed by atoms with Gasteiger partial charge in [-0.3, -0.25) is 0 Å². The lowest BCUT2D eigenvalue weighted by Gasteiger charge is -2.17. The minimum absolute atomic E-state index is 0.0180. The number of ether oxygens (including phenoxy) is 1. The first-order valence-corrected chi connectivity index (χ1v) is 8.18. The maximum absolute atomic E-state index is 11.5. The molecule has 1 aliphatic heterocycles. The fraction of sp³-hybridized carbons (Fsp3) is 0.538. The van der Waals surface area contributed by atoms with Crippen LogP contribution in [0.1, 0.15) is 22.9 Å². The molecule has 0 amide bonds. The van der Waals surface area contributed by atoms with E-state index in [1.807, 2.05) is 25.1 Å². The highest BCUT2D eigenvalue weighted by Gasteiger charge is 2.33. The van der Waals surface area contributed by atoms with Crippen molar-refractivity contribution in [2.45, 2.75) is 18.7 Å². The minimum atomic E-state index is -2.88. The van der Waals surface area contributed by atoms with E-state index in [9.17, 15) is 8.42 Å². The van der Waals surface area contributed by atoms with Gasteiger partial charge in [-0.25, -0.2) is 8.42 Å². The second kappa shape index (κ2) is 5.10. The third-order valence-electron chi connectivity index (χ3n) is 3.42. The Bertz CT molecular complexity index is 539. The van der Waals surface area contributed by atoms with Crippen LogP contribution in [-0.2, 0) is 9.84 Å². The van der Waals surface area contributed by atoms with Crippen molar-refractivity contribution in [1.29, 1.82) is 0 Å². The Morgan fingerprint density at radius 3 is 2.67 bits per heavy atom. The highest BCUT2D eigenvalue weighted by molar-refractivity contribution is 7.91. The molecule has 1 fully saturated rings. The summed E-state index contributed by atoms with van der Waals surface area (Å²) in [7, 11) is -1.25. The standard InChI is InChI=1S/C13H17ClO3S/c1-9-7-10(3-4-12(9)17-2)13(14)11-5-6-18(15,16)8-11/h3-4,7,11,13H,5-6,8H2,1-2H3. The Kier molecular flexibility index (Phi) is 3.87. The van der Waals surface area contributed by atoms with E-state index in [2.05, 4.69) is 0 Å². The van der Waals surface area contributed by atoms with Crippen molar-refractivity contribution in [1.82, 2.24) is 0 Å². The molecule has 1 aromatic rings. The zero-order valence-corrected chi connectivity index (χ0v) is 12.1. The van der Waals surface area contributed by atoms with Crippen molar-refractivity contribution in [3.8, 4) is 5.75 Å². The third kappa shape index (κ3) is 2.81. The molecule has 0 bridgehead atoms. The first kappa shape index (κ1) is 13.7. The summed E-state index contributed by atoms with van der Waals surface area (Å²) in [5.41, 5.74) is 1.98. The van der Waals surface area contributed by atoms with Crippen molar-refractivity contribution in [3.63, 3.8) is 0 Å². The summed E-state index contributed by atoms with van der Waals surface area (Å²) in [6, 6.07) is 5.76. The van der Waals surface area contributed by atoms with Crippen molar-refractivity contribution < 1.29 is 13.2 Å². The van der Waals surface area contributed by atoms with Gasteiger partial charge >= 0.3 is 0 Å². The van der Waals surface area contributed by atoms with Crippen molar-refractivity contribution in [2.75, 3.05) is 18.6 Å². The van der Waals surface area contributed by atoms with Crippen LogP contribution in [0.5, 0.6) is 5.75 Å². The van der Waals surface area contributed by atoms with Crippen LogP contribution in [0.15, 0.2) is 18.2 Å². The predicted molar refractivity (Wildman–Crippen MR) is 73.1 cm³/mol. The Morgan fingerprint density at radius 1 is 1.44 bits per heavy atom. The van der Waals surface area contributed by atoms with Crippen LogP contribution in [0.3, 0.4) is 0 Å². The minimum Gasteiger partial charge on any atom is -0.496 e. The number of sulfone groups is 1. The highest BCUT2D eigenvalue weighted by Crippen LogP contribution is 2.37. The summed E-state index contributed by atoms with van der Waals surface area (Å²) >= 11 is 6.40. The van der Waals surface area contributed by atoms with Crippen molar-refractivity contribution >= 4 is 21.4 Å². The molecule has 3 nitrogen and oxygen atoms in total. The van der Waals surface area contributed by atoms with Gasteiger partial charge in [0, 0.05) is 0 Å². The number of halogens is 1. The van der Waals surface area contributed by atoms with Gasteiger partial charge in [-0.05, 0) is 36.5 Å². The summed E-state index contributed by atoms with van der Waals surface area (Å²) in [5, 5.41) is -0.244. The van der Waals surface area contributed by atoms with E-state index >= 15 is 0 Å². The van der Waals surface area contributed by atoms with Gasteiger partial charge in [-0.2, -0.15) is 0 Å². The number of methoxy groups -OCH3 is 1. The van der Waals surface area contributed by atoms with Crippen molar-refractivity contribution in [3.05, 3.63) is 29.3 Å². The zero-order chi connectivity index (χ0) is 13.3. The smallest absolute Gasteiger partial charge is 0.150 e. The molecule has 1 saturated heterocycles. The molecule has 100 valence electrons. The Morgan fingerprint density at radius 2 is 2.17 bits per heavy atom. The average Bonchev–Trinajstić information content (AvgIpc) is 2.68. The fourth-order valence-corrected chi connectivity index (χ4v) is 4.70. The number of benzene rings is 1. The van der Waals surface area contributed by atoms with E-state index in [4.69, 9.17) is 16.3 Å². The molecule has 5 heteroatoms. The molecule has 1 aliphatic rings. The molecule has 0 saturated carbocycles. The first-order valence-electron chi connectivity index (χ1n) is 5.92. The number of alkyl halides is 1. The van der Waals surface area contributed by atoms with Gasteiger partial charge in [-0.15, -0.1) is 11.6 Å². The molecule has 2 atom stereocenters. The van der Waals surface area contributed by atoms with E-state index in [0.717, 1.165) is 16.9 Å². The van der Waals surface area contributed by atoms with Crippen LogP contribution in [0.25, 0.3) is 0 Å². The van der Waals surface area contributed by atoms with Crippen molar-refractivity contribution in [2.24, 2.45) is 5.92 Å². The van der Waals surface area contributed by atoms with Gasteiger partial charge in [0.1, 0.15) is 5.75 Å². The highest BCUT2D eigenvalue weighted by atomic mass is 35.5. The van der Waals surface area contributed by atoms with Gasteiger partial charge in [0.05, 0.1) is 24.0 Å². The van der Waals surface area contributed by atoms with Crippen LogP contribution in [0.2, 0.25) is 0 Å². The summed E-state index contributed by atoms with van der Waals surface area (Å²) in [6.45, 7) is 1.96. The molecule has 2 rings (SSSR count). The van der Waals surface area contributed by atoms with Gasteiger partial charge in [0.2, 0.25) is 0 Å². The summed E-state index contributed by atoms with van der Waals surface area (Å²) < 4.78 is 28.1. The molecule has 2 unspecified atom stereocenters. The van der Waals surface area contributed by atoms with Gasteiger partial charge in [-0.1, -0.05) is 12.1 Å². The molecule has 1 aromatic carbocycles. The van der Waals surface area contributed by atoms with Gasteiger partial charge < -0.3 is 4.74 Å². The number of hydrogen-bond acceptors (Lipinski definition) is 3. The molecule has 0 N–H and O–H groups in total. The van der Waals surface area contributed by atoms with E-state index < -0.39 is 9.84 Å². The Balaban J connectivity index is 2.19. The quantitative estimate of drug-likeness (QED) is 0.803.